The van der Waals surface area contributed by atoms with Crippen LogP contribution < -0.4 is 10.2 Å². The zero-order valence-corrected chi connectivity index (χ0v) is 15.9. The molecule has 1 fully saturated rings. The SMILES string of the molecule is CCC(CC)(CNC(=O)C1CCCN1c1ncnc2sccc12)C(=O)O. The first-order valence-corrected chi connectivity index (χ1v) is 9.86. The maximum atomic E-state index is 12.8. The Hall–Kier alpha value is -2.22. The van der Waals surface area contributed by atoms with E-state index in [4.69, 9.17) is 0 Å². The fraction of sp³-hybridized carbons (Fsp3) is 0.556. The van der Waals surface area contributed by atoms with Gasteiger partial charge in [0.25, 0.3) is 0 Å². The number of hydrogen-bond donors (Lipinski definition) is 2. The topological polar surface area (TPSA) is 95.4 Å². The molecule has 1 saturated heterocycles. The average molecular weight is 376 g/mol. The quantitative estimate of drug-likeness (QED) is 0.771. The zero-order chi connectivity index (χ0) is 18.7. The number of carboxylic acid groups (broad SMARTS) is 1. The molecule has 1 amide bonds. The fourth-order valence-corrected chi connectivity index (χ4v) is 4.28. The highest BCUT2D eigenvalue weighted by atomic mass is 32.1. The molecule has 2 aromatic heterocycles. The second-order valence-electron chi connectivity index (χ2n) is 6.70. The molecule has 1 unspecified atom stereocenters. The van der Waals surface area contributed by atoms with Gasteiger partial charge >= 0.3 is 5.97 Å². The minimum absolute atomic E-state index is 0.128. The predicted octanol–water partition coefficient (Wildman–Crippen LogP) is 2.67. The van der Waals surface area contributed by atoms with Gasteiger partial charge in [-0.3, -0.25) is 9.59 Å². The molecule has 0 saturated carbocycles. The number of anilines is 1. The summed E-state index contributed by atoms with van der Waals surface area (Å²) in [5.41, 5.74) is -0.908. The number of thiophene rings is 1. The van der Waals surface area contributed by atoms with Crippen molar-refractivity contribution < 1.29 is 14.7 Å². The fourth-order valence-electron chi connectivity index (χ4n) is 3.55. The van der Waals surface area contributed by atoms with E-state index >= 15 is 0 Å². The summed E-state index contributed by atoms with van der Waals surface area (Å²) in [5, 5.41) is 15.4. The molecule has 3 heterocycles. The Labute approximate surface area is 156 Å². The Morgan fingerprint density at radius 3 is 2.85 bits per heavy atom. The number of hydrogen-bond acceptors (Lipinski definition) is 6. The van der Waals surface area contributed by atoms with Crippen LogP contribution in [0.3, 0.4) is 0 Å². The molecule has 0 aliphatic carbocycles. The van der Waals surface area contributed by atoms with Crippen LogP contribution in [-0.4, -0.2) is 46.1 Å². The van der Waals surface area contributed by atoms with E-state index < -0.39 is 11.4 Å². The van der Waals surface area contributed by atoms with Crippen LogP contribution in [0.1, 0.15) is 39.5 Å². The molecule has 1 aliphatic heterocycles. The van der Waals surface area contributed by atoms with Crippen molar-refractivity contribution in [3.63, 3.8) is 0 Å². The van der Waals surface area contributed by atoms with Gasteiger partial charge in [-0.05, 0) is 37.1 Å². The van der Waals surface area contributed by atoms with Crippen molar-refractivity contribution in [3.05, 3.63) is 17.8 Å². The normalized spacial score (nSPS) is 17.6. The Bertz CT molecular complexity index is 803. The van der Waals surface area contributed by atoms with Gasteiger partial charge in [0.2, 0.25) is 5.91 Å². The first-order valence-electron chi connectivity index (χ1n) is 8.98. The summed E-state index contributed by atoms with van der Waals surface area (Å²) in [6.45, 7) is 4.60. The van der Waals surface area contributed by atoms with E-state index in [0.29, 0.717) is 12.8 Å². The lowest BCUT2D eigenvalue weighted by atomic mass is 9.82. The van der Waals surface area contributed by atoms with Gasteiger partial charge in [-0.2, -0.15) is 0 Å². The number of aliphatic carboxylic acids is 1. The smallest absolute Gasteiger partial charge is 0.311 e. The maximum absolute atomic E-state index is 12.8. The van der Waals surface area contributed by atoms with Gasteiger partial charge in [-0.15, -0.1) is 11.3 Å². The minimum Gasteiger partial charge on any atom is -0.481 e. The third kappa shape index (κ3) is 3.25. The molecule has 1 aliphatic rings. The number of rotatable bonds is 7. The Balaban J connectivity index is 1.77. The van der Waals surface area contributed by atoms with E-state index in [1.54, 1.807) is 11.3 Å². The van der Waals surface area contributed by atoms with Crippen LogP contribution >= 0.6 is 11.3 Å². The number of nitrogens with one attached hydrogen (secondary N) is 1. The monoisotopic (exact) mass is 376 g/mol. The first-order chi connectivity index (χ1) is 12.5. The number of aromatic nitrogens is 2. The van der Waals surface area contributed by atoms with Gasteiger partial charge in [-0.1, -0.05) is 13.8 Å². The Kier molecular flexibility index (Phi) is 5.41. The van der Waals surface area contributed by atoms with E-state index in [1.807, 2.05) is 30.2 Å². The van der Waals surface area contributed by atoms with Crippen LogP contribution in [-0.2, 0) is 9.59 Å². The lowest BCUT2D eigenvalue weighted by Crippen LogP contribution is -2.49. The maximum Gasteiger partial charge on any atom is 0.311 e. The number of carbonyl (C=O) groups excluding carboxylic acids is 1. The number of fused-ring (bicyclic) bond motifs is 1. The summed E-state index contributed by atoms with van der Waals surface area (Å²) in [5.74, 6) is -0.205. The standard InChI is InChI=1S/C18H24N4O3S/c1-3-18(4-2,17(24)25)10-19-15(23)13-6-5-8-22(13)14-12-7-9-26-16(12)21-11-20-14/h7,9,11,13H,3-6,8,10H2,1-2H3,(H,19,23)(H,24,25). The number of carboxylic acids is 1. The van der Waals surface area contributed by atoms with Crippen molar-refractivity contribution in [1.82, 2.24) is 15.3 Å². The van der Waals surface area contributed by atoms with Crippen molar-refractivity contribution in [2.75, 3.05) is 18.0 Å². The summed E-state index contributed by atoms with van der Waals surface area (Å²) in [6, 6.07) is 1.65. The Morgan fingerprint density at radius 2 is 2.15 bits per heavy atom. The molecule has 2 aromatic rings. The molecule has 0 bridgehead atoms. The van der Waals surface area contributed by atoms with Crippen molar-refractivity contribution >= 4 is 39.2 Å². The van der Waals surface area contributed by atoms with Crippen molar-refractivity contribution in [1.29, 1.82) is 0 Å². The highest BCUT2D eigenvalue weighted by molar-refractivity contribution is 7.16. The number of amides is 1. The lowest BCUT2D eigenvalue weighted by Gasteiger charge is -2.29. The van der Waals surface area contributed by atoms with Crippen molar-refractivity contribution in [2.45, 2.75) is 45.6 Å². The molecule has 0 spiro atoms. The van der Waals surface area contributed by atoms with Crippen molar-refractivity contribution in [2.24, 2.45) is 5.41 Å². The highest BCUT2D eigenvalue weighted by Crippen LogP contribution is 2.32. The van der Waals surface area contributed by atoms with E-state index in [1.165, 1.54) is 6.33 Å². The van der Waals surface area contributed by atoms with Gasteiger partial charge in [0, 0.05) is 13.1 Å². The van der Waals surface area contributed by atoms with Gasteiger partial charge in [-0.25, -0.2) is 9.97 Å². The molecule has 140 valence electrons. The average Bonchev–Trinajstić information content (AvgIpc) is 3.31. The summed E-state index contributed by atoms with van der Waals surface area (Å²) < 4.78 is 0. The first kappa shape index (κ1) is 18.6. The molecule has 0 radical (unpaired) electrons. The molecule has 2 N–H and O–H groups in total. The third-order valence-corrected chi connectivity index (χ3v) is 6.30. The van der Waals surface area contributed by atoms with Gasteiger partial charge in [0.05, 0.1) is 10.8 Å². The molecule has 3 rings (SSSR count). The van der Waals surface area contributed by atoms with Crippen LogP contribution in [0.25, 0.3) is 10.2 Å². The van der Waals surface area contributed by atoms with Crippen LogP contribution in [0, 0.1) is 5.41 Å². The molecule has 7 nitrogen and oxygen atoms in total. The number of carbonyl (C=O) groups is 2. The highest BCUT2D eigenvalue weighted by Gasteiger charge is 2.38. The predicted molar refractivity (Wildman–Crippen MR) is 101 cm³/mol. The molecular weight excluding hydrogens is 352 g/mol. The largest absolute Gasteiger partial charge is 0.481 e. The molecule has 0 aromatic carbocycles. The summed E-state index contributed by atoms with van der Waals surface area (Å²) in [4.78, 5) is 36.1. The van der Waals surface area contributed by atoms with E-state index in [9.17, 15) is 14.7 Å². The summed E-state index contributed by atoms with van der Waals surface area (Å²) in [6.07, 6.45) is 4.13. The summed E-state index contributed by atoms with van der Waals surface area (Å²) in [7, 11) is 0. The van der Waals surface area contributed by atoms with Crippen LogP contribution in [0.4, 0.5) is 5.82 Å². The zero-order valence-electron chi connectivity index (χ0n) is 15.1. The van der Waals surface area contributed by atoms with Crippen molar-refractivity contribution in [3.8, 4) is 0 Å². The molecule has 1 atom stereocenters. The second-order valence-corrected chi connectivity index (χ2v) is 7.59. The van der Waals surface area contributed by atoms with E-state index in [-0.39, 0.29) is 18.5 Å². The van der Waals surface area contributed by atoms with Crippen LogP contribution in [0.15, 0.2) is 17.8 Å². The van der Waals surface area contributed by atoms with E-state index in [2.05, 4.69) is 15.3 Å². The second kappa shape index (κ2) is 7.57. The molecule has 8 heteroatoms. The van der Waals surface area contributed by atoms with Gasteiger partial charge in [0.15, 0.2) is 0 Å². The summed E-state index contributed by atoms with van der Waals surface area (Å²) >= 11 is 1.55. The number of nitrogens with zero attached hydrogens (tertiary/aromatic N) is 3. The van der Waals surface area contributed by atoms with Crippen LogP contribution in [0.2, 0.25) is 0 Å². The third-order valence-electron chi connectivity index (χ3n) is 5.48. The molecule has 26 heavy (non-hydrogen) atoms. The van der Waals surface area contributed by atoms with Crippen LogP contribution in [0.5, 0.6) is 0 Å². The minimum atomic E-state index is -0.908. The molecular formula is C18H24N4O3S. The Morgan fingerprint density at radius 1 is 1.38 bits per heavy atom. The van der Waals surface area contributed by atoms with E-state index in [0.717, 1.165) is 35.4 Å². The van der Waals surface area contributed by atoms with Gasteiger partial charge in [0.1, 0.15) is 23.0 Å². The lowest BCUT2D eigenvalue weighted by molar-refractivity contribution is -0.149. The van der Waals surface area contributed by atoms with Gasteiger partial charge < -0.3 is 15.3 Å².